The SMILES string of the molecule is CC1=C[CH-]C(C)(C)c2cc3c(cc21)-c1cc2c(cc1C3)C(C)(C)CC=C2C.CC[C](=[Zr+2])c1ccccc1.Cc1cc(C(C)(C)C)c[cH-]1.[Cl-].[Cl-]. The van der Waals surface area contributed by atoms with Gasteiger partial charge in [0.15, 0.2) is 0 Å². The maximum atomic E-state index is 2.51. The third-order valence-electron chi connectivity index (χ3n) is 10.4. The molecule has 3 aliphatic rings. The Labute approximate surface area is 325 Å². The van der Waals surface area contributed by atoms with Gasteiger partial charge in [0.2, 0.25) is 0 Å². The summed E-state index contributed by atoms with van der Waals surface area (Å²) in [6.07, 6.45) is 10.5. The predicted molar refractivity (Wildman–Crippen MR) is 203 cm³/mol. The largest absolute Gasteiger partial charge is 1.00 e. The van der Waals surface area contributed by atoms with Gasteiger partial charge in [-0.05, 0) is 70.2 Å². The van der Waals surface area contributed by atoms with Crippen molar-refractivity contribution < 1.29 is 49.0 Å². The number of aryl methyl sites for hydroxylation is 1. The summed E-state index contributed by atoms with van der Waals surface area (Å²) in [5.74, 6) is 0. The Balaban J connectivity index is 0.000000245. The van der Waals surface area contributed by atoms with E-state index in [9.17, 15) is 0 Å². The van der Waals surface area contributed by atoms with E-state index in [1.807, 2.05) is 0 Å². The van der Waals surface area contributed by atoms with Gasteiger partial charge < -0.3 is 24.8 Å². The Morgan fingerprint density at radius 3 is 1.86 bits per heavy atom. The molecule has 0 bridgehead atoms. The molecule has 49 heavy (non-hydrogen) atoms. The smallest absolute Gasteiger partial charge is 0.0635 e. The van der Waals surface area contributed by atoms with E-state index in [2.05, 4.69) is 168 Å². The molecule has 4 aromatic carbocycles. The van der Waals surface area contributed by atoms with Gasteiger partial charge in [-0.25, -0.2) is 18.6 Å². The maximum Gasteiger partial charge on any atom is -0.0635 e. The Kier molecular flexibility index (Phi) is 13.4. The molecule has 0 radical (unpaired) electrons. The van der Waals surface area contributed by atoms with E-state index in [0.29, 0.717) is 5.41 Å². The second-order valence-electron chi connectivity index (χ2n) is 16.1. The van der Waals surface area contributed by atoms with Gasteiger partial charge in [0, 0.05) is 0 Å². The second-order valence-corrected chi connectivity index (χ2v) is 17.6. The number of halogens is 2. The Bertz CT molecular complexity index is 1770. The van der Waals surface area contributed by atoms with Crippen LogP contribution >= 0.6 is 0 Å². The molecule has 4 aromatic rings. The van der Waals surface area contributed by atoms with Gasteiger partial charge in [0.05, 0.1) is 0 Å². The first-order valence-electron chi connectivity index (χ1n) is 17.4. The van der Waals surface area contributed by atoms with Crippen molar-refractivity contribution in [3.63, 3.8) is 0 Å². The van der Waals surface area contributed by atoms with Gasteiger partial charge in [-0.2, -0.15) is 28.8 Å². The summed E-state index contributed by atoms with van der Waals surface area (Å²) < 4.78 is 1.55. The first-order chi connectivity index (χ1) is 22.0. The first-order valence-corrected chi connectivity index (χ1v) is 18.7. The number of benzene rings is 3. The number of allylic oxidation sites excluding steroid dienone is 4. The molecule has 0 atom stereocenters. The van der Waals surface area contributed by atoms with Gasteiger partial charge in [-0.15, -0.1) is 12.5 Å². The molecule has 0 N–H and O–H groups in total. The molecule has 258 valence electrons. The minimum Gasteiger partial charge on any atom is -1.00 e. The Morgan fingerprint density at radius 1 is 0.776 bits per heavy atom. The summed E-state index contributed by atoms with van der Waals surface area (Å²) in [5, 5.41) is 0. The van der Waals surface area contributed by atoms with Crippen molar-refractivity contribution in [2.45, 2.75) is 112 Å². The molecule has 3 heteroatoms. The van der Waals surface area contributed by atoms with E-state index in [1.165, 1.54) is 103 Å². The standard InChI is InChI=1S/C27H29.C10H15.C9H10.2ClH.Zr/c1-16-7-9-26(3,4)24-12-18-11-19-13-25-21(17(2)8-10-27(25,5)6)15-23(19)22(18)14-20(16)24;1-8-5-6-9(7-8)10(2,3)4;1-2-6-9-7-4-3-5-8-9;;;/h7-9,12-15H,10-11H2,1-6H3;5-7H,1-4H3;3-5,7-8H,2H2,1H3;2*1H;/q2*-1;;;;+2/p-2. The van der Waals surface area contributed by atoms with E-state index in [-0.39, 0.29) is 35.6 Å². The number of rotatable bonds is 2. The van der Waals surface area contributed by atoms with Crippen molar-refractivity contribution in [1.29, 1.82) is 0 Å². The van der Waals surface area contributed by atoms with Crippen LogP contribution in [0.25, 0.3) is 22.3 Å². The van der Waals surface area contributed by atoms with Crippen molar-refractivity contribution in [3.05, 3.63) is 141 Å². The number of hydrogen-bond acceptors (Lipinski definition) is 0. The fraction of sp³-hybridized carbons (Fsp3) is 0.370. The van der Waals surface area contributed by atoms with Crippen molar-refractivity contribution in [2.75, 3.05) is 0 Å². The van der Waals surface area contributed by atoms with Crippen molar-refractivity contribution in [3.8, 4) is 11.1 Å². The topological polar surface area (TPSA) is 0 Å². The molecule has 0 saturated carbocycles. The molecule has 0 aromatic heterocycles. The molecule has 0 nitrogen and oxygen atoms in total. The van der Waals surface area contributed by atoms with Crippen LogP contribution in [0, 0.1) is 13.3 Å². The first kappa shape index (κ1) is 41.1. The molecule has 0 amide bonds. The van der Waals surface area contributed by atoms with Crippen LogP contribution in [0.1, 0.15) is 132 Å². The van der Waals surface area contributed by atoms with Gasteiger partial charge in [-0.3, -0.25) is 0 Å². The molecule has 3 aliphatic carbocycles. The molecular formula is C46H54Cl2Zr-2. The van der Waals surface area contributed by atoms with Crippen LogP contribution in [-0.2, 0) is 46.9 Å². The van der Waals surface area contributed by atoms with E-state index < -0.39 is 0 Å². The summed E-state index contributed by atoms with van der Waals surface area (Å²) >= 11 is 1.54. The Hall–Kier alpha value is -2.31. The van der Waals surface area contributed by atoms with Crippen LogP contribution in [0.3, 0.4) is 0 Å². The average Bonchev–Trinajstić information content (AvgIpc) is 3.64. The monoisotopic (exact) mass is 766 g/mol. The molecular weight excluding hydrogens is 715 g/mol. The normalized spacial score (nSPS) is 15.7. The van der Waals surface area contributed by atoms with E-state index >= 15 is 0 Å². The molecule has 0 fully saturated rings. The average molecular weight is 769 g/mol. The summed E-state index contributed by atoms with van der Waals surface area (Å²) in [7, 11) is 0. The van der Waals surface area contributed by atoms with Crippen LogP contribution in [-0.4, -0.2) is 3.21 Å². The summed E-state index contributed by atoms with van der Waals surface area (Å²) in [4.78, 5) is 0. The van der Waals surface area contributed by atoms with Gasteiger partial charge in [0.25, 0.3) is 0 Å². The molecule has 0 spiro atoms. The number of fused-ring (bicyclic) bond motifs is 5. The molecule has 0 aliphatic heterocycles. The van der Waals surface area contributed by atoms with E-state index in [0.717, 1.165) is 12.8 Å². The van der Waals surface area contributed by atoms with Crippen LogP contribution < -0.4 is 24.8 Å². The fourth-order valence-corrected chi connectivity index (χ4v) is 7.46. The van der Waals surface area contributed by atoms with Gasteiger partial charge in [0.1, 0.15) is 0 Å². The third-order valence-corrected chi connectivity index (χ3v) is 11.9. The molecule has 0 unspecified atom stereocenters. The number of hydrogen-bond donors (Lipinski definition) is 0. The van der Waals surface area contributed by atoms with Crippen LogP contribution in [0.4, 0.5) is 0 Å². The molecule has 7 rings (SSSR count). The zero-order chi connectivity index (χ0) is 34.3. The second kappa shape index (κ2) is 15.9. The predicted octanol–water partition coefficient (Wildman–Crippen LogP) is 6.42. The zero-order valence-electron chi connectivity index (χ0n) is 31.5. The summed E-state index contributed by atoms with van der Waals surface area (Å²) in [6.45, 7) is 25.0. The van der Waals surface area contributed by atoms with Crippen molar-refractivity contribution >= 4 is 14.4 Å². The van der Waals surface area contributed by atoms with Crippen LogP contribution in [0.15, 0.2) is 84.9 Å². The summed E-state index contributed by atoms with van der Waals surface area (Å²) in [5.41, 5.74) is 19.5. The van der Waals surface area contributed by atoms with Crippen LogP contribution in [0.2, 0.25) is 0 Å². The van der Waals surface area contributed by atoms with Crippen LogP contribution in [0.5, 0.6) is 0 Å². The zero-order valence-corrected chi connectivity index (χ0v) is 35.5. The minimum atomic E-state index is 0. The quantitative estimate of drug-likeness (QED) is 0.182. The molecule has 0 saturated heterocycles. The summed E-state index contributed by atoms with van der Waals surface area (Å²) in [6, 6.07) is 27.2. The maximum absolute atomic E-state index is 2.51. The van der Waals surface area contributed by atoms with E-state index in [1.54, 1.807) is 3.21 Å². The van der Waals surface area contributed by atoms with Crippen molar-refractivity contribution in [1.82, 2.24) is 0 Å². The third kappa shape index (κ3) is 8.96. The van der Waals surface area contributed by atoms with Gasteiger partial charge in [-0.1, -0.05) is 96.1 Å². The minimum absolute atomic E-state index is 0. The molecule has 0 heterocycles. The van der Waals surface area contributed by atoms with Crippen molar-refractivity contribution in [2.24, 2.45) is 0 Å². The van der Waals surface area contributed by atoms with E-state index in [4.69, 9.17) is 0 Å². The fourth-order valence-electron chi connectivity index (χ4n) is 7.05. The Morgan fingerprint density at radius 2 is 1.35 bits per heavy atom. The van der Waals surface area contributed by atoms with Gasteiger partial charge >= 0.3 is 76.7 Å².